The molecule has 0 saturated carbocycles. The van der Waals surface area contributed by atoms with Gasteiger partial charge in [0.1, 0.15) is 17.7 Å². The van der Waals surface area contributed by atoms with E-state index in [1.54, 1.807) is 36.4 Å². The van der Waals surface area contributed by atoms with Crippen LogP contribution in [-0.2, 0) is 4.74 Å². The van der Waals surface area contributed by atoms with Crippen molar-refractivity contribution in [3.8, 4) is 0 Å². The maximum atomic E-state index is 14.5. The van der Waals surface area contributed by atoms with Crippen LogP contribution in [0, 0.1) is 11.6 Å². The minimum atomic E-state index is -0.789. The van der Waals surface area contributed by atoms with Crippen LogP contribution < -0.4 is 0 Å². The molecule has 0 aromatic heterocycles. The summed E-state index contributed by atoms with van der Waals surface area (Å²) in [5, 5.41) is 10.4. The Morgan fingerprint density at radius 2 is 1.21 bits per heavy atom. The Hall–Kier alpha value is -2.64. The van der Waals surface area contributed by atoms with Gasteiger partial charge < -0.3 is 14.7 Å². The van der Waals surface area contributed by atoms with E-state index in [-0.39, 0.29) is 0 Å². The number of rotatable bonds is 10. The van der Waals surface area contributed by atoms with Crippen molar-refractivity contribution in [1.82, 2.24) is 9.80 Å². The summed E-state index contributed by atoms with van der Waals surface area (Å²) in [7, 11) is 0. The predicted octanol–water partition coefficient (Wildman–Crippen LogP) is 4.81. The lowest BCUT2D eigenvalue weighted by Gasteiger charge is -2.35. The number of ether oxygens (including phenoxy) is 1. The molecule has 1 aliphatic rings. The van der Waals surface area contributed by atoms with Gasteiger partial charge in [-0.2, -0.15) is 0 Å². The van der Waals surface area contributed by atoms with Crippen LogP contribution in [0.15, 0.2) is 78.9 Å². The molecule has 0 aliphatic carbocycles. The van der Waals surface area contributed by atoms with E-state index < -0.39 is 23.8 Å². The normalized spacial score (nSPS) is 16.1. The largest absolute Gasteiger partial charge is 0.388 e. The van der Waals surface area contributed by atoms with E-state index in [1.807, 2.05) is 30.3 Å². The summed E-state index contributed by atoms with van der Waals surface area (Å²) < 4.78 is 35.0. The van der Waals surface area contributed by atoms with Gasteiger partial charge in [0, 0.05) is 50.4 Å². The highest BCUT2D eigenvalue weighted by molar-refractivity contribution is 5.32. The van der Waals surface area contributed by atoms with Crippen molar-refractivity contribution in [2.45, 2.75) is 18.6 Å². The van der Waals surface area contributed by atoms with Crippen LogP contribution >= 0.6 is 0 Å². The molecule has 1 heterocycles. The van der Waals surface area contributed by atoms with Gasteiger partial charge in [-0.15, -0.1) is 0 Å². The Kier molecular flexibility index (Phi) is 8.77. The number of piperazine rings is 1. The molecular weight excluding hydrogens is 434 g/mol. The van der Waals surface area contributed by atoms with Gasteiger partial charge in [-0.1, -0.05) is 66.7 Å². The first-order valence-electron chi connectivity index (χ1n) is 11.9. The molecule has 6 heteroatoms. The standard InChI is InChI=1S/C28H32F2N2O2/c29-25-12-6-4-10-23(25)28(24-11-5-7-13-26(24)30)34-21-20-32-18-16-31(17-19-32)15-14-27(33)22-8-2-1-3-9-22/h1-13,27-28,33H,14-21H2. The van der Waals surface area contributed by atoms with Crippen molar-refractivity contribution in [3.63, 3.8) is 0 Å². The molecule has 1 aliphatic heterocycles. The van der Waals surface area contributed by atoms with Crippen molar-refractivity contribution >= 4 is 0 Å². The topological polar surface area (TPSA) is 35.9 Å². The maximum absolute atomic E-state index is 14.5. The van der Waals surface area contributed by atoms with Gasteiger partial charge in [-0.3, -0.25) is 4.90 Å². The van der Waals surface area contributed by atoms with E-state index >= 15 is 0 Å². The first-order valence-corrected chi connectivity index (χ1v) is 11.9. The number of nitrogens with zero attached hydrogens (tertiary/aromatic N) is 2. The third kappa shape index (κ3) is 6.48. The zero-order valence-corrected chi connectivity index (χ0v) is 19.3. The van der Waals surface area contributed by atoms with Gasteiger partial charge >= 0.3 is 0 Å². The first kappa shape index (κ1) is 24.5. The lowest BCUT2D eigenvalue weighted by atomic mass is 10.0. The molecule has 1 saturated heterocycles. The van der Waals surface area contributed by atoms with E-state index in [1.165, 1.54) is 12.1 Å². The van der Waals surface area contributed by atoms with Crippen LogP contribution in [0.25, 0.3) is 0 Å². The fraction of sp³-hybridized carbons (Fsp3) is 0.357. The molecule has 0 amide bonds. The van der Waals surface area contributed by atoms with Crippen LogP contribution in [0.4, 0.5) is 8.78 Å². The minimum absolute atomic E-state index is 0.342. The minimum Gasteiger partial charge on any atom is -0.388 e. The van der Waals surface area contributed by atoms with Crippen molar-refractivity contribution in [1.29, 1.82) is 0 Å². The smallest absolute Gasteiger partial charge is 0.129 e. The Labute approximate surface area is 200 Å². The quantitative estimate of drug-likeness (QED) is 0.465. The lowest BCUT2D eigenvalue weighted by molar-refractivity contribution is 0.0400. The van der Waals surface area contributed by atoms with E-state index in [0.29, 0.717) is 30.7 Å². The molecule has 1 N–H and O–H groups in total. The molecule has 4 nitrogen and oxygen atoms in total. The fourth-order valence-corrected chi connectivity index (χ4v) is 4.41. The molecule has 180 valence electrons. The first-order chi connectivity index (χ1) is 16.6. The number of aliphatic hydroxyl groups is 1. The van der Waals surface area contributed by atoms with Crippen molar-refractivity contribution in [2.24, 2.45) is 0 Å². The monoisotopic (exact) mass is 466 g/mol. The number of hydrogen-bond acceptors (Lipinski definition) is 4. The van der Waals surface area contributed by atoms with Gasteiger partial charge in [-0.05, 0) is 24.1 Å². The lowest BCUT2D eigenvalue weighted by Crippen LogP contribution is -2.47. The summed E-state index contributed by atoms with van der Waals surface area (Å²) in [5.74, 6) is -0.802. The van der Waals surface area contributed by atoms with Gasteiger partial charge in [0.25, 0.3) is 0 Å². The Morgan fingerprint density at radius 3 is 1.76 bits per heavy atom. The molecule has 0 bridgehead atoms. The molecule has 1 fully saturated rings. The Morgan fingerprint density at radius 1 is 0.706 bits per heavy atom. The van der Waals surface area contributed by atoms with Crippen LogP contribution in [0.3, 0.4) is 0 Å². The van der Waals surface area contributed by atoms with E-state index in [0.717, 1.165) is 38.3 Å². The molecule has 1 atom stereocenters. The van der Waals surface area contributed by atoms with Gasteiger partial charge in [0.15, 0.2) is 0 Å². The van der Waals surface area contributed by atoms with Gasteiger partial charge in [0.05, 0.1) is 12.7 Å². The average Bonchev–Trinajstić information content (AvgIpc) is 2.88. The molecule has 0 spiro atoms. The molecule has 3 aromatic carbocycles. The van der Waals surface area contributed by atoms with E-state index in [9.17, 15) is 13.9 Å². The molecule has 34 heavy (non-hydrogen) atoms. The Bertz CT molecular complexity index is 980. The SMILES string of the molecule is OC(CCN1CCN(CCOC(c2ccccc2F)c2ccccc2F)CC1)c1ccccc1. The molecule has 3 aromatic rings. The maximum Gasteiger partial charge on any atom is 0.129 e. The summed E-state index contributed by atoms with van der Waals surface area (Å²) in [4.78, 5) is 4.68. The second-order valence-corrected chi connectivity index (χ2v) is 8.69. The molecular formula is C28H32F2N2O2. The highest BCUT2D eigenvalue weighted by Gasteiger charge is 2.23. The highest BCUT2D eigenvalue weighted by Crippen LogP contribution is 2.29. The third-order valence-electron chi connectivity index (χ3n) is 6.44. The van der Waals surface area contributed by atoms with Crippen LogP contribution in [0.5, 0.6) is 0 Å². The summed E-state index contributed by atoms with van der Waals surface area (Å²) >= 11 is 0. The average molecular weight is 467 g/mol. The van der Waals surface area contributed by atoms with Gasteiger partial charge in [-0.25, -0.2) is 8.78 Å². The molecule has 1 unspecified atom stereocenters. The Balaban J connectivity index is 1.26. The second kappa shape index (κ2) is 12.2. The van der Waals surface area contributed by atoms with Crippen molar-refractivity contribution in [3.05, 3.63) is 107 Å². The fourth-order valence-electron chi connectivity index (χ4n) is 4.41. The van der Waals surface area contributed by atoms with E-state index in [4.69, 9.17) is 4.74 Å². The number of halogens is 2. The summed E-state index contributed by atoms with van der Waals surface area (Å²) in [6, 6.07) is 22.5. The van der Waals surface area contributed by atoms with E-state index in [2.05, 4.69) is 9.80 Å². The zero-order valence-electron chi connectivity index (χ0n) is 19.3. The second-order valence-electron chi connectivity index (χ2n) is 8.69. The number of benzene rings is 3. The van der Waals surface area contributed by atoms with Crippen molar-refractivity contribution in [2.75, 3.05) is 45.9 Å². The van der Waals surface area contributed by atoms with Crippen LogP contribution in [0.1, 0.15) is 35.3 Å². The highest BCUT2D eigenvalue weighted by atomic mass is 19.1. The van der Waals surface area contributed by atoms with Gasteiger partial charge in [0.2, 0.25) is 0 Å². The predicted molar refractivity (Wildman–Crippen MR) is 129 cm³/mol. The summed E-state index contributed by atoms with van der Waals surface area (Å²) in [6.45, 7) is 5.56. The zero-order chi connectivity index (χ0) is 23.8. The summed E-state index contributed by atoms with van der Waals surface area (Å²) in [5.41, 5.74) is 1.64. The molecule has 4 rings (SSSR count). The number of hydrogen-bond donors (Lipinski definition) is 1. The van der Waals surface area contributed by atoms with Crippen molar-refractivity contribution < 1.29 is 18.6 Å². The van der Waals surface area contributed by atoms with Crippen LogP contribution in [-0.4, -0.2) is 60.8 Å². The summed E-state index contributed by atoms with van der Waals surface area (Å²) in [6.07, 6.45) is -0.524. The third-order valence-corrected chi connectivity index (χ3v) is 6.44. The number of aliphatic hydroxyl groups excluding tert-OH is 1. The molecule has 0 radical (unpaired) electrons. The van der Waals surface area contributed by atoms with Crippen LogP contribution in [0.2, 0.25) is 0 Å².